The van der Waals surface area contributed by atoms with E-state index >= 15 is 0 Å². The molecule has 1 fully saturated rings. The van der Waals surface area contributed by atoms with E-state index in [-0.39, 0.29) is 10.8 Å². The van der Waals surface area contributed by atoms with E-state index in [9.17, 15) is 4.89 Å². The fraction of sp³-hybridized carbons (Fsp3) is 1.00. The maximum atomic E-state index is 9.42. The minimum Gasteiger partial charge on any atom is -0.328 e. The maximum absolute atomic E-state index is 9.42. The molecular formula is C10H21O3P. The lowest BCUT2D eigenvalue weighted by Gasteiger charge is -2.27. The van der Waals surface area contributed by atoms with Crippen molar-refractivity contribution >= 4 is 8.60 Å². The lowest BCUT2D eigenvalue weighted by atomic mass is 9.80. The molecule has 0 spiro atoms. The Morgan fingerprint density at radius 1 is 0.929 bits per heavy atom. The zero-order chi connectivity index (χ0) is 10.8. The zero-order valence-electron chi connectivity index (χ0n) is 9.54. The van der Waals surface area contributed by atoms with E-state index < -0.39 is 8.60 Å². The molecule has 1 aliphatic rings. The van der Waals surface area contributed by atoms with Gasteiger partial charge in [0.1, 0.15) is 0 Å². The summed E-state index contributed by atoms with van der Waals surface area (Å²) in [6.07, 6.45) is 2.21. The third kappa shape index (κ3) is 4.22. The van der Waals surface area contributed by atoms with E-state index in [0.717, 1.165) is 12.8 Å². The monoisotopic (exact) mass is 220 g/mol. The zero-order valence-corrected chi connectivity index (χ0v) is 10.4. The average Bonchev–Trinajstić information content (AvgIpc) is 2.12. The van der Waals surface area contributed by atoms with Crippen LogP contribution in [0.5, 0.6) is 0 Å². The molecule has 0 aliphatic carbocycles. The highest BCUT2D eigenvalue weighted by molar-refractivity contribution is 7.40. The second-order valence-corrected chi connectivity index (χ2v) is 6.61. The van der Waals surface area contributed by atoms with E-state index in [2.05, 4.69) is 27.7 Å². The Kier molecular flexibility index (Phi) is 3.93. The molecule has 0 aromatic heterocycles. The fourth-order valence-electron chi connectivity index (χ4n) is 1.32. The molecule has 84 valence electrons. The number of rotatable bonds is 0. The normalized spacial score (nSPS) is 28.9. The van der Waals surface area contributed by atoms with Crippen LogP contribution in [0.2, 0.25) is 0 Å². The van der Waals surface area contributed by atoms with Crippen LogP contribution < -0.4 is 0 Å². The van der Waals surface area contributed by atoms with Crippen LogP contribution in [0.3, 0.4) is 0 Å². The quantitative estimate of drug-likeness (QED) is 0.637. The molecular weight excluding hydrogens is 199 g/mol. The molecule has 0 atom stereocenters. The molecule has 0 radical (unpaired) electrons. The van der Waals surface area contributed by atoms with Crippen LogP contribution in [0.15, 0.2) is 0 Å². The Labute approximate surface area is 87.8 Å². The highest BCUT2D eigenvalue weighted by Crippen LogP contribution is 2.42. The van der Waals surface area contributed by atoms with Crippen LogP contribution in [-0.2, 0) is 9.05 Å². The van der Waals surface area contributed by atoms with Crippen LogP contribution in [0.25, 0.3) is 0 Å². The van der Waals surface area contributed by atoms with E-state index in [1.165, 1.54) is 0 Å². The molecule has 14 heavy (non-hydrogen) atoms. The van der Waals surface area contributed by atoms with Crippen LogP contribution in [0.4, 0.5) is 0 Å². The summed E-state index contributed by atoms with van der Waals surface area (Å²) in [7, 11) is -1.67. The summed E-state index contributed by atoms with van der Waals surface area (Å²) in [5.41, 5.74) is 0.266. The Hall–Kier alpha value is 0.310. The molecule has 0 saturated carbocycles. The summed E-state index contributed by atoms with van der Waals surface area (Å²) in [5.74, 6) is 0. The van der Waals surface area contributed by atoms with Crippen molar-refractivity contribution in [1.82, 2.24) is 0 Å². The van der Waals surface area contributed by atoms with Crippen LogP contribution in [0.1, 0.15) is 40.5 Å². The van der Waals surface area contributed by atoms with E-state index in [0.29, 0.717) is 13.2 Å². The molecule has 0 aromatic rings. The van der Waals surface area contributed by atoms with Gasteiger partial charge < -0.3 is 13.9 Å². The van der Waals surface area contributed by atoms with Crippen LogP contribution in [-0.4, -0.2) is 18.1 Å². The van der Waals surface area contributed by atoms with E-state index in [1.54, 1.807) is 0 Å². The van der Waals surface area contributed by atoms with Gasteiger partial charge in [-0.15, -0.1) is 0 Å². The molecule has 1 heterocycles. The first-order chi connectivity index (χ1) is 6.31. The minimum absolute atomic E-state index is 0.133. The second-order valence-electron chi connectivity index (χ2n) is 5.61. The van der Waals surface area contributed by atoms with Gasteiger partial charge in [-0.1, -0.05) is 27.7 Å². The lowest BCUT2D eigenvalue weighted by Crippen LogP contribution is -2.22. The summed E-state index contributed by atoms with van der Waals surface area (Å²) < 4.78 is 10.5. The van der Waals surface area contributed by atoms with Crippen molar-refractivity contribution in [2.24, 2.45) is 10.8 Å². The first-order valence-corrected chi connectivity index (χ1v) is 6.19. The van der Waals surface area contributed by atoms with Gasteiger partial charge >= 0.3 is 8.60 Å². The Morgan fingerprint density at radius 3 is 1.64 bits per heavy atom. The van der Waals surface area contributed by atoms with Gasteiger partial charge in [-0.2, -0.15) is 0 Å². The molecule has 0 unspecified atom stereocenters. The molecule has 3 nitrogen and oxygen atoms in total. The van der Waals surface area contributed by atoms with E-state index in [1.807, 2.05) is 0 Å². The van der Waals surface area contributed by atoms with Crippen molar-refractivity contribution in [3.63, 3.8) is 0 Å². The van der Waals surface area contributed by atoms with Crippen molar-refractivity contribution in [2.45, 2.75) is 40.5 Å². The van der Waals surface area contributed by atoms with Crippen molar-refractivity contribution < 1.29 is 13.9 Å². The van der Waals surface area contributed by atoms with Crippen molar-refractivity contribution in [1.29, 1.82) is 0 Å². The van der Waals surface area contributed by atoms with E-state index in [4.69, 9.17) is 9.05 Å². The smallest absolute Gasteiger partial charge is 0.328 e. The second kappa shape index (κ2) is 4.44. The molecule has 1 saturated heterocycles. The van der Waals surface area contributed by atoms with Crippen molar-refractivity contribution in [3.8, 4) is 0 Å². The summed E-state index contributed by atoms with van der Waals surface area (Å²) in [4.78, 5) is 9.42. The molecule has 4 heteroatoms. The lowest BCUT2D eigenvalue weighted by molar-refractivity contribution is 0.138. The predicted molar refractivity (Wildman–Crippen MR) is 57.8 cm³/mol. The SMILES string of the molecule is CC1(C)CCC(C)(C)COP(O)OC1. The Balaban J connectivity index is 2.62. The minimum atomic E-state index is -1.67. The van der Waals surface area contributed by atoms with Gasteiger partial charge in [0, 0.05) is 0 Å². The maximum Gasteiger partial charge on any atom is 0.329 e. The standard InChI is InChI=1S/C10H21O3P/c1-9(2)5-6-10(3,4)8-13-14(11)12-7-9/h11H,5-8H2,1-4H3. The molecule has 1 aliphatic heterocycles. The number of hydrogen-bond donors (Lipinski definition) is 1. The molecule has 1 N–H and O–H groups in total. The molecule has 0 aromatic carbocycles. The average molecular weight is 220 g/mol. The highest BCUT2D eigenvalue weighted by atomic mass is 31.2. The van der Waals surface area contributed by atoms with Gasteiger partial charge in [-0.25, -0.2) is 0 Å². The summed E-state index contributed by atoms with van der Waals surface area (Å²) in [6.45, 7) is 9.81. The topological polar surface area (TPSA) is 38.7 Å². The van der Waals surface area contributed by atoms with Gasteiger partial charge in [0.15, 0.2) is 0 Å². The van der Waals surface area contributed by atoms with Crippen LogP contribution in [0, 0.1) is 10.8 Å². The summed E-state index contributed by atoms with van der Waals surface area (Å²) in [5, 5.41) is 0. The van der Waals surface area contributed by atoms with Gasteiger partial charge in [-0.05, 0) is 23.7 Å². The summed E-state index contributed by atoms with van der Waals surface area (Å²) in [6, 6.07) is 0. The van der Waals surface area contributed by atoms with Gasteiger partial charge in [-0.3, -0.25) is 0 Å². The molecule has 0 amide bonds. The van der Waals surface area contributed by atoms with Gasteiger partial charge in [0.25, 0.3) is 0 Å². The van der Waals surface area contributed by atoms with Gasteiger partial charge in [0.2, 0.25) is 0 Å². The molecule has 0 bridgehead atoms. The highest BCUT2D eigenvalue weighted by Gasteiger charge is 2.29. The first-order valence-electron chi connectivity index (χ1n) is 5.06. The predicted octanol–water partition coefficient (Wildman–Crippen LogP) is 3.09. The third-order valence-corrected chi connectivity index (χ3v) is 3.31. The Bertz CT molecular complexity index is 172. The van der Waals surface area contributed by atoms with Crippen LogP contribution >= 0.6 is 8.60 Å². The molecule has 1 rings (SSSR count). The summed E-state index contributed by atoms with van der Waals surface area (Å²) >= 11 is 0. The number of hydrogen-bond acceptors (Lipinski definition) is 3. The van der Waals surface area contributed by atoms with Crippen molar-refractivity contribution in [2.75, 3.05) is 13.2 Å². The fourth-order valence-corrected chi connectivity index (χ4v) is 2.31. The van der Waals surface area contributed by atoms with Crippen molar-refractivity contribution in [3.05, 3.63) is 0 Å². The third-order valence-electron chi connectivity index (χ3n) is 2.61. The Morgan fingerprint density at radius 2 is 1.29 bits per heavy atom. The largest absolute Gasteiger partial charge is 0.329 e. The van der Waals surface area contributed by atoms with Gasteiger partial charge in [0.05, 0.1) is 13.2 Å². The first kappa shape index (κ1) is 12.4.